The quantitative estimate of drug-likeness (QED) is 0.865. The van der Waals surface area contributed by atoms with Crippen LogP contribution in [0, 0.1) is 11.3 Å². The number of nitrogens with one attached hydrogen (secondary N) is 1. The molecule has 1 saturated heterocycles. The second-order valence-corrected chi connectivity index (χ2v) is 8.12. The van der Waals surface area contributed by atoms with Crippen LogP contribution in [0.15, 0.2) is 54.1 Å². The van der Waals surface area contributed by atoms with Crippen LogP contribution in [0.25, 0.3) is 0 Å². The van der Waals surface area contributed by atoms with Crippen molar-refractivity contribution < 1.29 is 4.79 Å². The number of amides is 1. The van der Waals surface area contributed by atoms with E-state index in [0.29, 0.717) is 5.56 Å². The van der Waals surface area contributed by atoms with Crippen LogP contribution in [-0.4, -0.2) is 48.1 Å². The summed E-state index contributed by atoms with van der Waals surface area (Å²) in [5, 5.41) is 13.0. The lowest BCUT2D eigenvalue weighted by molar-refractivity contribution is 0.0492. The molecule has 1 atom stereocenters. The Morgan fingerprint density at radius 3 is 2.82 bits per heavy atom. The van der Waals surface area contributed by atoms with Crippen LogP contribution in [0.2, 0.25) is 0 Å². The third kappa shape index (κ3) is 3.80. The number of thiophene rings is 1. The topological polar surface area (TPSA) is 62.6 Å². The average Bonchev–Trinajstić information content (AvgIpc) is 3.42. The molecule has 1 fully saturated rings. The van der Waals surface area contributed by atoms with E-state index in [9.17, 15) is 4.79 Å². The standard InChI is InChI=1S/C21H23N5OS/c1-24-10-7-17(8-11-24)26(21(27)19-6-3-13-28-19)20-9-12-25(23-20)18-5-2-4-16(14-18)15-22/h2-6,9,12-14,17,20,23H,7-8,10-11H2,1H3. The summed E-state index contributed by atoms with van der Waals surface area (Å²) >= 11 is 1.48. The molecule has 6 nitrogen and oxygen atoms in total. The maximum atomic E-state index is 13.3. The Bertz CT molecular complexity index is 896. The molecule has 7 heteroatoms. The molecule has 28 heavy (non-hydrogen) atoms. The number of anilines is 1. The summed E-state index contributed by atoms with van der Waals surface area (Å²) in [5.74, 6) is 0.0688. The molecule has 1 amide bonds. The number of piperidine rings is 1. The largest absolute Gasteiger partial charge is 0.314 e. The lowest BCUT2D eigenvalue weighted by Crippen LogP contribution is -2.56. The molecular formula is C21H23N5OS. The summed E-state index contributed by atoms with van der Waals surface area (Å²) in [4.78, 5) is 18.4. The van der Waals surface area contributed by atoms with Crippen LogP contribution in [0.3, 0.4) is 0 Å². The van der Waals surface area contributed by atoms with Crippen molar-refractivity contribution in [1.82, 2.24) is 15.2 Å². The predicted molar refractivity (Wildman–Crippen MR) is 111 cm³/mol. The fraction of sp³-hybridized carbons (Fsp3) is 0.333. The van der Waals surface area contributed by atoms with Crippen molar-refractivity contribution >= 4 is 22.9 Å². The molecule has 144 valence electrons. The van der Waals surface area contributed by atoms with Crippen LogP contribution in [0.5, 0.6) is 0 Å². The second kappa shape index (κ2) is 8.15. The van der Waals surface area contributed by atoms with Gasteiger partial charge in [0.1, 0.15) is 6.17 Å². The highest BCUT2D eigenvalue weighted by Gasteiger charge is 2.35. The number of carbonyl (C=O) groups excluding carboxylic acids is 1. The molecule has 0 aliphatic carbocycles. The first kappa shape index (κ1) is 18.7. The highest BCUT2D eigenvalue weighted by molar-refractivity contribution is 7.12. The summed E-state index contributed by atoms with van der Waals surface area (Å²) in [5.41, 5.74) is 4.91. The number of carbonyl (C=O) groups is 1. The molecule has 1 aromatic heterocycles. The van der Waals surface area contributed by atoms with Crippen molar-refractivity contribution in [3.63, 3.8) is 0 Å². The molecule has 4 rings (SSSR count). The highest BCUT2D eigenvalue weighted by atomic mass is 32.1. The molecular weight excluding hydrogens is 370 g/mol. The molecule has 1 unspecified atom stereocenters. The SMILES string of the molecule is CN1CCC(N(C(=O)c2cccs2)C2C=CN(c3cccc(C#N)c3)N2)CC1. The number of nitriles is 1. The first-order valence-electron chi connectivity index (χ1n) is 9.44. The summed E-state index contributed by atoms with van der Waals surface area (Å²) in [7, 11) is 2.12. The molecule has 0 spiro atoms. The first-order valence-corrected chi connectivity index (χ1v) is 10.3. The Hall–Kier alpha value is -2.66. The van der Waals surface area contributed by atoms with Gasteiger partial charge in [-0.3, -0.25) is 9.80 Å². The Labute approximate surface area is 169 Å². The molecule has 2 aliphatic heterocycles. The van der Waals surface area contributed by atoms with Crippen molar-refractivity contribution in [3.05, 3.63) is 64.5 Å². The van der Waals surface area contributed by atoms with E-state index < -0.39 is 0 Å². The Morgan fingerprint density at radius 1 is 1.29 bits per heavy atom. The number of likely N-dealkylation sites (tertiary alicyclic amines) is 1. The van der Waals surface area contributed by atoms with Crippen LogP contribution >= 0.6 is 11.3 Å². The zero-order chi connectivity index (χ0) is 19.5. The van der Waals surface area contributed by atoms with Crippen LogP contribution in [-0.2, 0) is 0 Å². The molecule has 0 bridgehead atoms. The average molecular weight is 394 g/mol. The van der Waals surface area contributed by atoms with Gasteiger partial charge in [0.05, 0.1) is 22.2 Å². The maximum absolute atomic E-state index is 13.3. The van der Waals surface area contributed by atoms with Gasteiger partial charge in [-0.15, -0.1) is 11.3 Å². The second-order valence-electron chi connectivity index (χ2n) is 7.17. The number of hydrogen-bond donors (Lipinski definition) is 1. The lowest BCUT2D eigenvalue weighted by atomic mass is 10.0. The number of hydrogen-bond acceptors (Lipinski definition) is 6. The van der Waals surface area contributed by atoms with E-state index in [1.54, 1.807) is 6.07 Å². The van der Waals surface area contributed by atoms with E-state index in [1.807, 2.05) is 57.9 Å². The summed E-state index contributed by atoms with van der Waals surface area (Å²) in [6.07, 6.45) is 5.66. The van der Waals surface area contributed by atoms with Gasteiger partial charge in [-0.1, -0.05) is 12.1 Å². The zero-order valence-electron chi connectivity index (χ0n) is 15.8. The lowest BCUT2D eigenvalue weighted by Gasteiger charge is -2.40. The van der Waals surface area contributed by atoms with Gasteiger partial charge in [-0.05, 0) is 68.7 Å². The van der Waals surface area contributed by atoms with Gasteiger partial charge in [0, 0.05) is 12.2 Å². The molecule has 1 N–H and O–H groups in total. The minimum atomic E-state index is -0.214. The predicted octanol–water partition coefficient (Wildman–Crippen LogP) is 3.02. The van der Waals surface area contributed by atoms with Gasteiger partial charge in [-0.2, -0.15) is 5.26 Å². The minimum absolute atomic E-state index is 0.0688. The van der Waals surface area contributed by atoms with Gasteiger partial charge in [0.25, 0.3) is 5.91 Å². The number of benzene rings is 1. The van der Waals surface area contributed by atoms with Crippen LogP contribution < -0.4 is 10.4 Å². The van der Waals surface area contributed by atoms with Crippen molar-refractivity contribution in [2.24, 2.45) is 0 Å². The Morgan fingerprint density at radius 2 is 2.11 bits per heavy atom. The zero-order valence-corrected chi connectivity index (χ0v) is 16.6. The van der Waals surface area contributed by atoms with Crippen molar-refractivity contribution in [2.45, 2.75) is 25.0 Å². The van der Waals surface area contributed by atoms with Crippen LogP contribution in [0.4, 0.5) is 5.69 Å². The molecule has 0 saturated carbocycles. The number of rotatable bonds is 4. The molecule has 0 radical (unpaired) electrons. The fourth-order valence-electron chi connectivity index (χ4n) is 3.76. The number of hydrazine groups is 1. The van der Waals surface area contributed by atoms with E-state index in [1.165, 1.54) is 11.3 Å². The van der Waals surface area contributed by atoms with Crippen molar-refractivity contribution in [3.8, 4) is 6.07 Å². The van der Waals surface area contributed by atoms with Crippen molar-refractivity contribution in [1.29, 1.82) is 5.26 Å². The van der Waals surface area contributed by atoms with E-state index in [0.717, 1.165) is 36.5 Å². The van der Waals surface area contributed by atoms with E-state index in [-0.39, 0.29) is 18.1 Å². The molecule has 2 aliphatic rings. The van der Waals surface area contributed by atoms with Gasteiger partial charge in [0.15, 0.2) is 0 Å². The smallest absolute Gasteiger partial charge is 0.265 e. The Kier molecular flexibility index (Phi) is 5.44. The monoisotopic (exact) mass is 393 g/mol. The summed E-state index contributed by atoms with van der Waals surface area (Å²) in [6.45, 7) is 1.98. The van der Waals surface area contributed by atoms with E-state index in [2.05, 4.69) is 23.4 Å². The number of nitrogens with zero attached hydrogens (tertiary/aromatic N) is 4. The molecule has 1 aromatic carbocycles. The summed E-state index contributed by atoms with van der Waals surface area (Å²) < 4.78 is 0. The third-order valence-corrected chi connectivity index (χ3v) is 6.15. The highest BCUT2D eigenvalue weighted by Crippen LogP contribution is 2.26. The van der Waals surface area contributed by atoms with E-state index in [4.69, 9.17) is 5.26 Å². The first-order chi connectivity index (χ1) is 13.7. The third-order valence-electron chi connectivity index (χ3n) is 5.29. The van der Waals surface area contributed by atoms with Gasteiger partial charge < -0.3 is 9.80 Å². The molecule has 2 aromatic rings. The summed E-state index contributed by atoms with van der Waals surface area (Å²) in [6, 6.07) is 13.6. The Balaban J connectivity index is 1.56. The van der Waals surface area contributed by atoms with Gasteiger partial charge in [0.2, 0.25) is 0 Å². The molecule has 3 heterocycles. The maximum Gasteiger partial charge on any atom is 0.265 e. The van der Waals surface area contributed by atoms with Gasteiger partial charge in [-0.25, -0.2) is 5.43 Å². The fourth-order valence-corrected chi connectivity index (χ4v) is 4.42. The minimum Gasteiger partial charge on any atom is -0.314 e. The van der Waals surface area contributed by atoms with Crippen LogP contribution in [0.1, 0.15) is 28.1 Å². The van der Waals surface area contributed by atoms with Crippen molar-refractivity contribution in [2.75, 3.05) is 25.1 Å². The van der Waals surface area contributed by atoms with E-state index >= 15 is 0 Å². The normalized spacial score (nSPS) is 20.3. The van der Waals surface area contributed by atoms with Gasteiger partial charge >= 0.3 is 0 Å².